The van der Waals surface area contributed by atoms with Crippen LogP contribution in [0.3, 0.4) is 0 Å². The number of aryl methyl sites for hydroxylation is 2. The van der Waals surface area contributed by atoms with Crippen molar-refractivity contribution in [1.82, 2.24) is 5.32 Å². The third-order valence-corrected chi connectivity index (χ3v) is 3.08. The molecule has 0 aliphatic heterocycles. The largest absolute Gasteiger partial charge is 0.469 e. The standard InChI is InChI=1S/C15H23NO3/c1-11-4-5-13(12(2)8-11)6-7-16-10-14(17)9-15(18)19-3/h4-5,8,14,16-17H,6-7,9-10H2,1-3H3. The number of rotatable bonds is 7. The first kappa shape index (κ1) is 15.7. The number of ether oxygens (including phenoxy) is 1. The number of hydrogen-bond acceptors (Lipinski definition) is 4. The summed E-state index contributed by atoms with van der Waals surface area (Å²) in [7, 11) is 1.32. The van der Waals surface area contributed by atoms with Crippen molar-refractivity contribution < 1.29 is 14.6 Å². The smallest absolute Gasteiger partial charge is 0.308 e. The molecule has 0 radical (unpaired) electrons. The number of benzene rings is 1. The van der Waals surface area contributed by atoms with Crippen LogP contribution in [0.4, 0.5) is 0 Å². The molecule has 0 heterocycles. The molecule has 2 N–H and O–H groups in total. The van der Waals surface area contributed by atoms with Crippen LogP contribution in [0.5, 0.6) is 0 Å². The van der Waals surface area contributed by atoms with Gasteiger partial charge in [-0.3, -0.25) is 4.79 Å². The Morgan fingerprint density at radius 1 is 1.42 bits per heavy atom. The van der Waals surface area contributed by atoms with Crippen LogP contribution in [0.1, 0.15) is 23.1 Å². The highest BCUT2D eigenvalue weighted by Crippen LogP contribution is 2.10. The number of methoxy groups -OCH3 is 1. The SMILES string of the molecule is COC(=O)CC(O)CNCCc1ccc(C)cc1C. The maximum absolute atomic E-state index is 10.9. The summed E-state index contributed by atoms with van der Waals surface area (Å²) in [5.41, 5.74) is 3.86. The molecule has 0 fully saturated rings. The van der Waals surface area contributed by atoms with E-state index in [1.165, 1.54) is 23.8 Å². The number of carbonyl (C=O) groups excluding carboxylic acids is 1. The van der Waals surface area contributed by atoms with Crippen molar-refractivity contribution >= 4 is 5.97 Å². The van der Waals surface area contributed by atoms with E-state index in [-0.39, 0.29) is 12.4 Å². The Kier molecular flexibility index (Phi) is 6.53. The molecule has 0 aliphatic rings. The fraction of sp³-hybridized carbons (Fsp3) is 0.533. The predicted octanol–water partition coefficient (Wildman–Crippen LogP) is 1.36. The van der Waals surface area contributed by atoms with Gasteiger partial charge in [0.05, 0.1) is 19.6 Å². The Balaban J connectivity index is 2.25. The van der Waals surface area contributed by atoms with Gasteiger partial charge in [-0.1, -0.05) is 23.8 Å². The van der Waals surface area contributed by atoms with Crippen LogP contribution in [0.2, 0.25) is 0 Å². The summed E-state index contributed by atoms with van der Waals surface area (Å²) in [6, 6.07) is 6.41. The van der Waals surface area contributed by atoms with Crippen LogP contribution < -0.4 is 5.32 Å². The molecular weight excluding hydrogens is 242 g/mol. The summed E-state index contributed by atoms with van der Waals surface area (Å²) in [5.74, 6) is -0.385. The molecule has 0 aliphatic carbocycles. The molecular formula is C15H23NO3. The van der Waals surface area contributed by atoms with Crippen LogP contribution in [0.15, 0.2) is 18.2 Å². The number of nitrogens with one attached hydrogen (secondary N) is 1. The van der Waals surface area contributed by atoms with Crippen LogP contribution in [0.25, 0.3) is 0 Å². The Morgan fingerprint density at radius 2 is 2.16 bits per heavy atom. The minimum atomic E-state index is -0.688. The molecule has 0 saturated heterocycles. The minimum absolute atomic E-state index is 0.0348. The van der Waals surface area contributed by atoms with Gasteiger partial charge in [0.1, 0.15) is 0 Å². The summed E-state index contributed by atoms with van der Waals surface area (Å²) >= 11 is 0. The fourth-order valence-electron chi connectivity index (χ4n) is 1.97. The van der Waals surface area contributed by atoms with Crippen LogP contribution >= 0.6 is 0 Å². The molecule has 1 rings (SSSR count). The normalized spacial score (nSPS) is 12.2. The number of aliphatic hydroxyl groups is 1. The zero-order valence-electron chi connectivity index (χ0n) is 11.9. The van der Waals surface area contributed by atoms with Crippen molar-refractivity contribution in [3.05, 3.63) is 34.9 Å². The lowest BCUT2D eigenvalue weighted by atomic mass is 10.0. The highest BCUT2D eigenvalue weighted by atomic mass is 16.5. The van der Waals surface area contributed by atoms with Gasteiger partial charge in [0.2, 0.25) is 0 Å². The van der Waals surface area contributed by atoms with Gasteiger partial charge in [-0.05, 0) is 37.9 Å². The summed E-state index contributed by atoms with van der Waals surface area (Å²) in [6.45, 7) is 5.37. The quantitative estimate of drug-likeness (QED) is 0.577. The highest BCUT2D eigenvalue weighted by molar-refractivity contribution is 5.69. The lowest BCUT2D eigenvalue weighted by molar-refractivity contribution is -0.142. The second kappa shape index (κ2) is 7.92. The zero-order valence-corrected chi connectivity index (χ0v) is 11.9. The molecule has 0 spiro atoms. The molecule has 0 saturated carbocycles. The Labute approximate surface area is 114 Å². The molecule has 1 unspecified atom stereocenters. The molecule has 1 aromatic carbocycles. The van der Waals surface area contributed by atoms with Gasteiger partial charge in [-0.15, -0.1) is 0 Å². The molecule has 1 aromatic rings. The fourth-order valence-corrected chi connectivity index (χ4v) is 1.97. The number of esters is 1. The van der Waals surface area contributed by atoms with E-state index < -0.39 is 6.10 Å². The van der Waals surface area contributed by atoms with Crippen LogP contribution in [-0.2, 0) is 16.0 Å². The van der Waals surface area contributed by atoms with Gasteiger partial charge in [-0.25, -0.2) is 0 Å². The average Bonchev–Trinajstić information content (AvgIpc) is 2.36. The van der Waals surface area contributed by atoms with Crippen LogP contribution in [0, 0.1) is 13.8 Å². The van der Waals surface area contributed by atoms with Gasteiger partial charge in [0.15, 0.2) is 0 Å². The van der Waals surface area contributed by atoms with Crippen molar-refractivity contribution in [2.75, 3.05) is 20.2 Å². The van der Waals surface area contributed by atoms with Crippen molar-refractivity contribution in [3.8, 4) is 0 Å². The zero-order chi connectivity index (χ0) is 14.3. The number of hydrogen-bond donors (Lipinski definition) is 2. The van der Waals surface area contributed by atoms with E-state index in [1.807, 2.05) is 0 Å². The summed E-state index contributed by atoms with van der Waals surface area (Å²) in [6.07, 6.45) is 0.260. The van der Waals surface area contributed by atoms with Crippen molar-refractivity contribution in [1.29, 1.82) is 0 Å². The highest BCUT2D eigenvalue weighted by Gasteiger charge is 2.10. The molecule has 0 amide bonds. The Morgan fingerprint density at radius 3 is 2.79 bits per heavy atom. The van der Waals surface area contributed by atoms with Gasteiger partial charge in [0.25, 0.3) is 0 Å². The minimum Gasteiger partial charge on any atom is -0.469 e. The maximum atomic E-state index is 10.9. The molecule has 106 valence electrons. The van der Waals surface area contributed by atoms with E-state index in [2.05, 4.69) is 42.1 Å². The van der Waals surface area contributed by atoms with Crippen molar-refractivity contribution in [2.45, 2.75) is 32.8 Å². The molecule has 0 aromatic heterocycles. The lowest BCUT2D eigenvalue weighted by Crippen LogP contribution is -2.30. The van der Waals surface area contributed by atoms with E-state index in [0.717, 1.165) is 13.0 Å². The van der Waals surface area contributed by atoms with E-state index in [0.29, 0.717) is 6.54 Å². The van der Waals surface area contributed by atoms with Gasteiger partial charge < -0.3 is 15.2 Å². The first-order valence-corrected chi connectivity index (χ1v) is 6.54. The predicted molar refractivity (Wildman–Crippen MR) is 75.1 cm³/mol. The van der Waals surface area contributed by atoms with Crippen molar-refractivity contribution in [2.24, 2.45) is 0 Å². The molecule has 0 bridgehead atoms. The maximum Gasteiger partial charge on any atom is 0.308 e. The van der Waals surface area contributed by atoms with Gasteiger partial charge >= 0.3 is 5.97 Å². The van der Waals surface area contributed by atoms with Crippen molar-refractivity contribution in [3.63, 3.8) is 0 Å². The second-order valence-corrected chi connectivity index (χ2v) is 4.82. The third-order valence-electron chi connectivity index (χ3n) is 3.08. The molecule has 4 nitrogen and oxygen atoms in total. The Bertz CT molecular complexity index is 418. The second-order valence-electron chi connectivity index (χ2n) is 4.82. The first-order chi connectivity index (χ1) is 9.02. The molecule has 4 heteroatoms. The third kappa shape index (κ3) is 5.85. The summed E-state index contributed by atoms with van der Waals surface area (Å²) in [4.78, 5) is 10.9. The van der Waals surface area contributed by atoms with E-state index in [9.17, 15) is 9.90 Å². The molecule has 19 heavy (non-hydrogen) atoms. The number of carbonyl (C=O) groups is 1. The van der Waals surface area contributed by atoms with E-state index in [4.69, 9.17) is 0 Å². The lowest BCUT2D eigenvalue weighted by Gasteiger charge is -2.11. The monoisotopic (exact) mass is 265 g/mol. The van der Waals surface area contributed by atoms with Gasteiger partial charge in [-0.2, -0.15) is 0 Å². The summed E-state index contributed by atoms with van der Waals surface area (Å²) < 4.78 is 4.50. The average molecular weight is 265 g/mol. The van der Waals surface area contributed by atoms with Gasteiger partial charge in [0, 0.05) is 6.54 Å². The van der Waals surface area contributed by atoms with E-state index in [1.54, 1.807) is 0 Å². The number of aliphatic hydroxyl groups excluding tert-OH is 1. The Hall–Kier alpha value is -1.39. The first-order valence-electron chi connectivity index (χ1n) is 6.54. The summed E-state index contributed by atoms with van der Waals surface area (Å²) in [5, 5.41) is 12.7. The topological polar surface area (TPSA) is 58.6 Å². The molecule has 1 atom stereocenters. The van der Waals surface area contributed by atoms with E-state index >= 15 is 0 Å². The van der Waals surface area contributed by atoms with Crippen LogP contribution in [-0.4, -0.2) is 37.4 Å².